The summed E-state index contributed by atoms with van der Waals surface area (Å²) in [7, 11) is 0. The number of aryl methyl sites for hydroxylation is 1. The van der Waals surface area contributed by atoms with Crippen LogP contribution in [0.15, 0.2) is 51.7 Å². The van der Waals surface area contributed by atoms with Crippen LogP contribution in [-0.4, -0.2) is 27.7 Å². The van der Waals surface area contributed by atoms with E-state index in [0.29, 0.717) is 30.3 Å². The standard InChI is InChI=1S/C17H14IN3O4/c18-14-7-5-13(24-14)6-8-16(22)23-10-2-4-15-20-17(21-25-15)12-3-1-9-19-11-12/h1,3,5-9,11H,2,4,10H2/b8-6+. The zero-order valence-corrected chi connectivity index (χ0v) is 15.3. The number of aromatic nitrogens is 3. The number of carbonyl (C=O) groups is 1. The van der Waals surface area contributed by atoms with Crippen LogP contribution in [0.1, 0.15) is 18.1 Å². The summed E-state index contributed by atoms with van der Waals surface area (Å²) in [5.74, 6) is 1.18. The number of rotatable bonds is 7. The lowest BCUT2D eigenvalue weighted by Crippen LogP contribution is -2.03. The zero-order chi connectivity index (χ0) is 17.5. The van der Waals surface area contributed by atoms with E-state index in [1.54, 1.807) is 24.5 Å². The molecule has 0 bridgehead atoms. The molecule has 3 rings (SSSR count). The molecule has 0 fully saturated rings. The predicted molar refractivity (Wildman–Crippen MR) is 97.3 cm³/mol. The largest absolute Gasteiger partial charge is 0.463 e. The number of ether oxygens (including phenoxy) is 1. The van der Waals surface area contributed by atoms with Gasteiger partial charge in [-0.1, -0.05) is 5.16 Å². The number of hydrogen-bond acceptors (Lipinski definition) is 7. The van der Waals surface area contributed by atoms with Gasteiger partial charge in [-0.25, -0.2) is 4.79 Å². The Morgan fingerprint density at radius 3 is 3.00 bits per heavy atom. The summed E-state index contributed by atoms with van der Waals surface area (Å²) in [5, 5.41) is 3.91. The van der Waals surface area contributed by atoms with Gasteiger partial charge in [0.25, 0.3) is 0 Å². The zero-order valence-electron chi connectivity index (χ0n) is 13.1. The minimum atomic E-state index is -0.423. The van der Waals surface area contributed by atoms with Crippen molar-refractivity contribution in [3.63, 3.8) is 0 Å². The predicted octanol–water partition coefficient (Wildman–Crippen LogP) is 3.52. The highest BCUT2D eigenvalue weighted by atomic mass is 127. The average molecular weight is 451 g/mol. The summed E-state index contributed by atoms with van der Waals surface area (Å²) in [4.78, 5) is 19.9. The maximum absolute atomic E-state index is 11.6. The average Bonchev–Trinajstić information content (AvgIpc) is 3.27. The smallest absolute Gasteiger partial charge is 0.330 e. The molecular weight excluding hydrogens is 437 g/mol. The molecule has 7 nitrogen and oxygen atoms in total. The summed E-state index contributed by atoms with van der Waals surface area (Å²) in [6.45, 7) is 0.267. The van der Waals surface area contributed by atoms with Crippen molar-refractivity contribution in [2.45, 2.75) is 12.8 Å². The van der Waals surface area contributed by atoms with E-state index in [0.717, 1.165) is 9.33 Å². The number of esters is 1. The fourth-order valence-electron chi connectivity index (χ4n) is 1.98. The third kappa shape index (κ3) is 5.24. The molecule has 3 aromatic rings. The minimum absolute atomic E-state index is 0.267. The van der Waals surface area contributed by atoms with Gasteiger partial charge in [-0.15, -0.1) is 0 Å². The second-order valence-electron chi connectivity index (χ2n) is 5.00. The van der Waals surface area contributed by atoms with Crippen LogP contribution in [0.3, 0.4) is 0 Å². The molecule has 128 valence electrons. The molecule has 0 amide bonds. The monoisotopic (exact) mass is 451 g/mol. The molecule has 0 atom stereocenters. The van der Waals surface area contributed by atoms with E-state index in [2.05, 4.69) is 37.7 Å². The molecular formula is C17H14IN3O4. The van der Waals surface area contributed by atoms with Crippen LogP contribution in [-0.2, 0) is 16.0 Å². The molecule has 0 unspecified atom stereocenters. The molecule has 0 N–H and O–H groups in total. The van der Waals surface area contributed by atoms with Crippen molar-refractivity contribution < 1.29 is 18.5 Å². The summed E-state index contributed by atoms with van der Waals surface area (Å²) >= 11 is 2.06. The Balaban J connectivity index is 1.40. The lowest BCUT2D eigenvalue weighted by molar-refractivity contribution is -0.137. The first-order valence-corrected chi connectivity index (χ1v) is 8.62. The van der Waals surface area contributed by atoms with E-state index in [9.17, 15) is 4.79 Å². The van der Waals surface area contributed by atoms with Gasteiger partial charge in [0.05, 0.1) is 6.61 Å². The minimum Gasteiger partial charge on any atom is -0.463 e. The highest BCUT2D eigenvalue weighted by Crippen LogP contribution is 2.14. The summed E-state index contributed by atoms with van der Waals surface area (Å²) in [5.41, 5.74) is 0.793. The molecule has 0 saturated carbocycles. The third-order valence-electron chi connectivity index (χ3n) is 3.14. The lowest BCUT2D eigenvalue weighted by Gasteiger charge is -1.99. The first kappa shape index (κ1) is 17.3. The molecule has 0 saturated heterocycles. The quantitative estimate of drug-likeness (QED) is 0.235. The normalized spacial score (nSPS) is 11.1. The fraction of sp³-hybridized carbons (Fsp3) is 0.176. The van der Waals surface area contributed by atoms with Crippen molar-refractivity contribution in [1.29, 1.82) is 0 Å². The van der Waals surface area contributed by atoms with Gasteiger partial charge in [0, 0.05) is 30.5 Å². The van der Waals surface area contributed by atoms with Crippen LogP contribution in [0.4, 0.5) is 0 Å². The molecule has 0 aliphatic rings. The van der Waals surface area contributed by atoms with Crippen LogP contribution in [0, 0.1) is 3.77 Å². The number of furan rings is 1. The Morgan fingerprint density at radius 2 is 2.24 bits per heavy atom. The molecule has 0 aliphatic heterocycles. The number of pyridine rings is 1. The van der Waals surface area contributed by atoms with Crippen LogP contribution in [0.2, 0.25) is 0 Å². The molecule has 0 spiro atoms. The Bertz CT molecular complexity index is 858. The van der Waals surface area contributed by atoms with Gasteiger partial charge in [0.15, 0.2) is 3.77 Å². The van der Waals surface area contributed by atoms with E-state index in [-0.39, 0.29) is 6.61 Å². The van der Waals surface area contributed by atoms with E-state index in [1.807, 2.05) is 18.2 Å². The molecule has 3 heterocycles. The highest BCUT2D eigenvalue weighted by molar-refractivity contribution is 14.1. The fourth-order valence-corrected chi connectivity index (χ4v) is 2.42. The Hall–Kier alpha value is -2.49. The summed E-state index contributed by atoms with van der Waals surface area (Å²) in [6, 6.07) is 7.26. The molecule has 25 heavy (non-hydrogen) atoms. The molecule has 8 heteroatoms. The van der Waals surface area contributed by atoms with Crippen molar-refractivity contribution in [1.82, 2.24) is 15.1 Å². The Kier molecular flexibility index (Phi) is 5.94. The summed E-state index contributed by atoms with van der Waals surface area (Å²) in [6.07, 6.45) is 7.38. The van der Waals surface area contributed by atoms with E-state index < -0.39 is 5.97 Å². The van der Waals surface area contributed by atoms with Gasteiger partial charge in [0.1, 0.15) is 5.76 Å². The maximum atomic E-state index is 11.6. The lowest BCUT2D eigenvalue weighted by atomic mass is 10.3. The first-order valence-electron chi connectivity index (χ1n) is 7.54. The van der Waals surface area contributed by atoms with E-state index in [1.165, 1.54) is 6.08 Å². The SMILES string of the molecule is O=C(/C=C/c1ccc(I)o1)OCCCc1nc(-c2cccnc2)no1. The van der Waals surface area contributed by atoms with Gasteiger partial charge in [-0.05, 0) is 59.4 Å². The van der Waals surface area contributed by atoms with Crippen molar-refractivity contribution >= 4 is 34.6 Å². The highest BCUT2D eigenvalue weighted by Gasteiger charge is 2.08. The van der Waals surface area contributed by atoms with Gasteiger partial charge in [0.2, 0.25) is 11.7 Å². The van der Waals surface area contributed by atoms with Crippen molar-refractivity contribution in [2.24, 2.45) is 0 Å². The molecule has 3 aromatic heterocycles. The topological polar surface area (TPSA) is 91.2 Å². The summed E-state index contributed by atoms with van der Waals surface area (Å²) < 4.78 is 16.4. The second kappa shape index (κ2) is 8.56. The van der Waals surface area contributed by atoms with Crippen LogP contribution in [0.5, 0.6) is 0 Å². The van der Waals surface area contributed by atoms with Gasteiger partial charge < -0.3 is 13.7 Å². The molecule has 0 aromatic carbocycles. The third-order valence-corrected chi connectivity index (χ3v) is 3.72. The maximum Gasteiger partial charge on any atom is 0.330 e. The number of hydrogen-bond donors (Lipinski definition) is 0. The van der Waals surface area contributed by atoms with Crippen molar-refractivity contribution in [3.8, 4) is 11.4 Å². The van der Waals surface area contributed by atoms with E-state index >= 15 is 0 Å². The Labute approximate surface area is 157 Å². The van der Waals surface area contributed by atoms with Gasteiger partial charge in [-0.2, -0.15) is 4.98 Å². The van der Waals surface area contributed by atoms with E-state index in [4.69, 9.17) is 13.7 Å². The second-order valence-corrected chi connectivity index (χ2v) is 6.06. The van der Waals surface area contributed by atoms with Crippen LogP contribution in [0.25, 0.3) is 17.5 Å². The van der Waals surface area contributed by atoms with Crippen LogP contribution < -0.4 is 0 Å². The number of halogens is 1. The van der Waals surface area contributed by atoms with Gasteiger partial charge in [-0.3, -0.25) is 4.98 Å². The molecule has 0 radical (unpaired) electrons. The number of carbonyl (C=O) groups excluding carboxylic acids is 1. The van der Waals surface area contributed by atoms with Crippen LogP contribution >= 0.6 is 22.6 Å². The number of nitrogens with zero attached hydrogens (tertiary/aromatic N) is 3. The molecule has 0 aliphatic carbocycles. The first-order chi connectivity index (χ1) is 12.2. The van der Waals surface area contributed by atoms with Crippen molar-refractivity contribution in [2.75, 3.05) is 6.61 Å². The Morgan fingerprint density at radius 1 is 1.32 bits per heavy atom. The van der Waals surface area contributed by atoms with Gasteiger partial charge >= 0.3 is 5.97 Å². The van der Waals surface area contributed by atoms with Crippen molar-refractivity contribution in [3.05, 3.63) is 58.2 Å².